The van der Waals surface area contributed by atoms with Crippen molar-refractivity contribution in [3.05, 3.63) is 41.7 Å². The minimum absolute atomic E-state index is 0.810. The van der Waals surface area contributed by atoms with Crippen LogP contribution in [0, 0.1) is 5.92 Å². The molecule has 0 spiro atoms. The van der Waals surface area contributed by atoms with E-state index >= 15 is 0 Å². The van der Waals surface area contributed by atoms with Gasteiger partial charge in [0.05, 0.1) is 17.6 Å². The third kappa shape index (κ3) is 3.01. The van der Waals surface area contributed by atoms with Gasteiger partial charge in [-0.15, -0.1) is 5.10 Å². The molecule has 0 unspecified atom stereocenters. The van der Waals surface area contributed by atoms with Gasteiger partial charge in [-0.2, -0.15) is 0 Å². The van der Waals surface area contributed by atoms with Crippen LogP contribution in [0.3, 0.4) is 0 Å². The lowest BCUT2D eigenvalue weighted by Gasteiger charge is -2.05. The summed E-state index contributed by atoms with van der Waals surface area (Å²) in [7, 11) is 0. The zero-order valence-corrected chi connectivity index (χ0v) is 11.3. The maximum atomic E-state index is 4.24. The summed E-state index contributed by atoms with van der Waals surface area (Å²) in [4.78, 5) is 0. The standard InChI is InChI=1S/C15H20N4/c1-2-13-5-3-4-6-15(13)19-11-14(17-18-19)10-16-9-12-7-8-12/h3-6,11-12,16H,2,7-10H2,1H3. The Bertz CT molecular complexity index is 543. The molecular formula is C15H20N4. The molecule has 1 aromatic carbocycles. The molecule has 0 saturated heterocycles. The molecule has 100 valence electrons. The number of para-hydroxylation sites is 1. The van der Waals surface area contributed by atoms with Crippen molar-refractivity contribution < 1.29 is 0 Å². The Labute approximate surface area is 113 Å². The van der Waals surface area contributed by atoms with Gasteiger partial charge in [0.15, 0.2) is 0 Å². The molecule has 1 aliphatic carbocycles. The Kier molecular flexibility index (Phi) is 3.60. The molecule has 0 radical (unpaired) electrons. The summed E-state index contributed by atoms with van der Waals surface area (Å²) in [6.45, 7) is 4.08. The number of hydrogen-bond acceptors (Lipinski definition) is 3. The summed E-state index contributed by atoms with van der Waals surface area (Å²) >= 11 is 0. The van der Waals surface area contributed by atoms with Crippen LogP contribution in [-0.2, 0) is 13.0 Å². The third-order valence-corrected chi connectivity index (χ3v) is 3.60. The highest BCUT2D eigenvalue weighted by molar-refractivity contribution is 5.40. The zero-order chi connectivity index (χ0) is 13.1. The van der Waals surface area contributed by atoms with Crippen molar-refractivity contribution >= 4 is 0 Å². The van der Waals surface area contributed by atoms with Gasteiger partial charge in [-0.1, -0.05) is 30.3 Å². The first-order valence-electron chi connectivity index (χ1n) is 7.07. The molecule has 1 heterocycles. The van der Waals surface area contributed by atoms with E-state index in [0.717, 1.165) is 36.8 Å². The molecule has 0 amide bonds. The van der Waals surface area contributed by atoms with Crippen LogP contribution in [0.15, 0.2) is 30.5 Å². The molecule has 0 aliphatic heterocycles. The fourth-order valence-corrected chi connectivity index (χ4v) is 2.26. The number of benzene rings is 1. The van der Waals surface area contributed by atoms with Crippen LogP contribution >= 0.6 is 0 Å². The molecule has 1 aliphatic rings. The molecule has 1 saturated carbocycles. The van der Waals surface area contributed by atoms with E-state index in [-0.39, 0.29) is 0 Å². The van der Waals surface area contributed by atoms with E-state index in [9.17, 15) is 0 Å². The van der Waals surface area contributed by atoms with Crippen molar-refractivity contribution in [3.63, 3.8) is 0 Å². The van der Waals surface area contributed by atoms with Gasteiger partial charge in [-0.25, -0.2) is 4.68 Å². The van der Waals surface area contributed by atoms with Gasteiger partial charge in [0.1, 0.15) is 0 Å². The van der Waals surface area contributed by atoms with E-state index in [0.29, 0.717) is 0 Å². The molecule has 1 aromatic heterocycles. The molecule has 1 N–H and O–H groups in total. The summed E-state index contributed by atoms with van der Waals surface area (Å²) in [5.74, 6) is 0.899. The minimum atomic E-state index is 0.810. The van der Waals surface area contributed by atoms with E-state index < -0.39 is 0 Å². The second-order valence-electron chi connectivity index (χ2n) is 5.21. The van der Waals surface area contributed by atoms with Crippen LogP contribution in [0.25, 0.3) is 5.69 Å². The molecule has 4 nitrogen and oxygen atoms in total. The van der Waals surface area contributed by atoms with E-state index in [1.807, 2.05) is 16.9 Å². The summed E-state index contributed by atoms with van der Waals surface area (Å²) < 4.78 is 1.88. The number of hydrogen-bond donors (Lipinski definition) is 1. The zero-order valence-electron chi connectivity index (χ0n) is 11.3. The minimum Gasteiger partial charge on any atom is -0.311 e. The van der Waals surface area contributed by atoms with E-state index in [1.165, 1.54) is 18.4 Å². The molecule has 19 heavy (non-hydrogen) atoms. The molecule has 3 rings (SSSR count). The van der Waals surface area contributed by atoms with Crippen molar-refractivity contribution in [2.75, 3.05) is 6.54 Å². The highest BCUT2D eigenvalue weighted by Gasteiger charge is 2.20. The fraction of sp³-hybridized carbons (Fsp3) is 0.467. The van der Waals surface area contributed by atoms with Gasteiger partial charge in [0, 0.05) is 6.54 Å². The van der Waals surface area contributed by atoms with E-state index in [2.05, 4.69) is 40.8 Å². The molecule has 4 heteroatoms. The first-order valence-corrected chi connectivity index (χ1v) is 7.07. The summed E-state index contributed by atoms with van der Waals surface area (Å²) in [5, 5.41) is 11.9. The number of nitrogens with zero attached hydrogens (tertiary/aromatic N) is 3. The van der Waals surface area contributed by atoms with E-state index in [4.69, 9.17) is 0 Å². The Morgan fingerprint density at radius 3 is 2.95 bits per heavy atom. The van der Waals surface area contributed by atoms with E-state index in [1.54, 1.807) is 0 Å². The summed E-state index contributed by atoms with van der Waals surface area (Å²) in [5.41, 5.74) is 3.43. The topological polar surface area (TPSA) is 42.7 Å². The number of nitrogens with one attached hydrogen (secondary N) is 1. The molecular weight excluding hydrogens is 236 g/mol. The molecule has 1 fully saturated rings. The Hall–Kier alpha value is -1.68. The van der Waals surface area contributed by atoms with Crippen molar-refractivity contribution in [3.8, 4) is 5.69 Å². The van der Waals surface area contributed by atoms with Crippen molar-refractivity contribution in [2.45, 2.75) is 32.7 Å². The maximum Gasteiger partial charge on any atom is 0.0969 e. The van der Waals surface area contributed by atoms with Crippen LogP contribution in [-0.4, -0.2) is 21.5 Å². The van der Waals surface area contributed by atoms with Crippen LogP contribution < -0.4 is 5.32 Å². The lowest BCUT2D eigenvalue weighted by molar-refractivity contribution is 0.628. The van der Waals surface area contributed by atoms with Crippen LogP contribution in [0.2, 0.25) is 0 Å². The number of aromatic nitrogens is 3. The predicted molar refractivity (Wildman–Crippen MR) is 75.2 cm³/mol. The highest BCUT2D eigenvalue weighted by atomic mass is 15.4. The summed E-state index contributed by atoms with van der Waals surface area (Å²) in [6.07, 6.45) is 5.78. The Morgan fingerprint density at radius 2 is 2.16 bits per heavy atom. The Morgan fingerprint density at radius 1 is 1.32 bits per heavy atom. The first-order chi connectivity index (χ1) is 9.36. The quantitative estimate of drug-likeness (QED) is 0.862. The van der Waals surface area contributed by atoms with Gasteiger partial charge in [0.2, 0.25) is 0 Å². The SMILES string of the molecule is CCc1ccccc1-n1cc(CNCC2CC2)nn1. The van der Waals surface area contributed by atoms with Gasteiger partial charge >= 0.3 is 0 Å². The van der Waals surface area contributed by atoms with Gasteiger partial charge in [-0.3, -0.25) is 0 Å². The summed E-state index contributed by atoms with van der Waals surface area (Å²) in [6, 6.07) is 8.34. The number of rotatable bonds is 6. The monoisotopic (exact) mass is 256 g/mol. The smallest absolute Gasteiger partial charge is 0.0969 e. The van der Waals surface area contributed by atoms with Gasteiger partial charge in [-0.05, 0) is 43.4 Å². The molecule has 2 aromatic rings. The second-order valence-corrected chi connectivity index (χ2v) is 5.21. The first kappa shape index (κ1) is 12.4. The van der Waals surface area contributed by atoms with Gasteiger partial charge in [0.25, 0.3) is 0 Å². The lowest BCUT2D eigenvalue weighted by atomic mass is 10.1. The van der Waals surface area contributed by atoms with Crippen molar-refractivity contribution in [2.24, 2.45) is 5.92 Å². The lowest BCUT2D eigenvalue weighted by Crippen LogP contribution is -2.16. The van der Waals surface area contributed by atoms with Crippen LogP contribution in [0.4, 0.5) is 0 Å². The van der Waals surface area contributed by atoms with Gasteiger partial charge < -0.3 is 5.32 Å². The average molecular weight is 256 g/mol. The largest absolute Gasteiger partial charge is 0.311 e. The fourth-order valence-electron chi connectivity index (χ4n) is 2.26. The van der Waals surface area contributed by atoms with Crippen LogP contribution in [0.5, 0.6) is 0 Å². The Balaban J connectivity index is 1.68. The highest BCUT2D eigenvalue weighted by Crippen LogP contribution is 2.27. The number of aryl methyl sites for hydroxylation is 1. The van der Waals surface area contributed by atoms with Crippen LogP contribution in [0.1, 0.15) is 31.0 Å². The van der Waals surface area contributed by atoms with Crippen molar-refractivity contribution in [1.82, 2.24) is 20.3 Å². The maximum absolute atomic E-state index is 4.24. The average Bonchev–Trinajstić information content (AvgIpc) is 3.15. The third-order valence-electron chi connectivity index (χ3n) is 3.60. The second kappa shape index (κ2) is 5.53. The molecule has 0 atom stereocenters. The molecule has 0 bridgehead atoms. The van der Waals surface area contributed by atoms with Crippen molar-refractivity contribution in [1.29, 1.82) is 0 Å². The normalized spacial score (nSPS) is 14.8. The predicted octanol–water partition coefficient (Wildman–Crippen LogP) is 2.33.